The number of aliphatic hydroxyl groups is 2. The van der Waals surface area contributed by atoms with Crippen LogP contribution in [0.3, 0.4) is 0 Å². The van der Waals surface area contributed by atoms with Crippen LogP contribution in [0, 0.1) is 11.8 Å². The first-order valence-corrected chi connectivity index (χ1v) is 27.8. The highest BCUT2D eigenvalue weighted by molar-refractivity contribution is 7.98. The monoisotopic (exact) mass is 1120 g/mol. The van der Waals surface area contributed by atoms with Gasteiger partial charge in [0.05, 0.1) is 13.2 Å². The van der Waals surface area contributed by atoms with Crippen LogP contribution in [0.2, 0.25) is 0 Å². The van der Waals surface area contributed by atoms with Crippen molar-refractivity contribution in [2.45, 2.75) is 159 Å². The van der Waals surface area contributed by atoms with Crippen molar-refractivity contribution in [2.75, 3.05) is 57.2 Å². The lowest BCUT2D eigenvalue weighted by Crippen LogP contribution is -2.61. The number of carboxylic acid groups (broad SMARTS) is 1. The number of nitrogens with one attached hydrogen (secondary N) is 7. The zero-order valence-electron chi connectivity index (χ0n) is 44.3. The number of hydrogen-bond donors (Lipinski definition) is 15. The molecule has 0 spiro atoms. The number of aliphatic carboxylic acids is 1. The SMILES string of the molecule is CSCC[C@H](NC(=O)[C@@H]1CCCN1C(=O)[C@@H]1CCCN1C(=O)[C@H](CCCN=C(N)N)NC(=O)[C@H](CS)NC(=O)[C@H](CO)NC(=O)[C@H](CC(C)C)NC(=O)[C@@H](N)CO)C(=O)N[C@H](C(=O)N[C@@H](CCCCN)C(=O)O)C(C)C. The summed E-state index contributed by atoms with van der Waals surface area (Å²) in [5.74, 6) is -8.68. The first kappa shape index (κ1) is 66.6. The van der Waals surface area contributed by atoms with E-state index in [4.69, 9.17) is 22.9 Å². The molecule has 2 fully saturated rings. The summed E-state index contributed by atoms with van der Waals surface area (Å²) in [7, 11) is 0. The van der Waals surface area contributed by atoms with Gasteiger partial charge in [-0.05, 0) is 101 Å². The average Bonchev–Trinajstić information content (AvgIpc) is 4.08. The summed E-state index contributed by atoms with van der Waals surface area (Å²) in [6.45, 7) is 5.98. The Balaban J connectivity index is 2.31. The maximum Gasteiger partial charge on any atom is 0.326 e. The first-order chi connectivity index (χ1) is 36.0. The lowest BCUT2D eigenvalue weighted by Gasteiger charge is -2.33. The van der Waals surface area contributed by atoms with E-state index >= 15 is 0 Å². The number of likely N-dealkylation sites (tertiary alicyclic amines) is 2. The van der Waals surface area contributed by atoms with Gasteiger partial charge in [0, 0.05) is 25.4 Å². The Morgan fingerprint density at radius 3 is 1.78 bits per heavy atom. The van der Waals surface area contributed by atoms with Gasteiger partial charge in [-0.2, -0.15) is 24.4 Å². The van der Waals surface area contributed by atoms with Crippen molar-refractivity contribution in [3.05, 3.63) is 0 Å². The van der Waals surface area contributed by atoms with Crippen LogP contribution < -0.4 is 60.2 Å². The van der Waals surface area contributed by atoms with Gasteiger partial charge in [-0.15, -0.1) is 0 Å². The highest BCUT2D eigenvalue weighted by Gasteiger charge is 2.45. The Morgan fingerprint density at radius 2 is 1.21 bits per heavy atom. The largest absolute Gasteiger partial charge is 0.480 e. The highest BCUT2D eigenvalue weighted by atomic mass is 32.2. The molecule has 2 saturated heterocycles. The molecule has 9 amide bonds. The Hall–Kier alpha value is -5.49. The molecule has 0 aromatic heterocycles. The van der Waals surface area contributed by atoms with E-state index in [1.54, 1.807) is 27.7 Å². The number of thioether (sulfide) groups is 1. The maximum atomic E-state index is 14.5. The number of thiol groups is 1. The van der Waals surface area contributed by atoms with Gasteiger partial charge < -0.3 is 85.3 Å². The molecule has 29 heteroatoms. The predicted octanol–water partition coefficient (Wildman–Crippen LogP) is -4.67. The minimum absolute atomic E-state index is 0.0350. The van der Waals surface area contributed by atoms with Crippen molar-refractivity contribution in [3.63, 3.8) is 0 Å². The van der Waals surface area contributed by atoms with E-state index in [1.165, 1.54) is 21.6 Å². The molecule has 76 heavy (non-hydrogen) atoms. The second-order valence-corrected chi connectivity index (χ2v) is 21.0. The summed E-state index contributed by atoms with van der Waals surface area (Å²) < 4.78 is 0. The fourth-order valence-electron chi connectivity index (χ4n) is 8.59. The summed E-state index contributed by atoms with van der Waals surface area (Å²) in [5, 5.41) is 47.0. The van der Waals surface area contributed by atoms with E-state index < -0.39 is 139 Å². The number of nitrogens with zero attached hydrogens (tertiary/aromatic N) is 3. The fraction of sp³-hybridized carbons (Fsp3) is 0.766. The van der Waals surface area contributed by atoms with Crippen molar-refractivity contribution in [1.29, 1.82) is 0 Å². The van der Waals surface area contributed by atoms with E-state index in [2.05, 4.69) is 54.8 Å². The number of rotatable bonds is 34. The van der Waals surface area contributed by atoms with Gasteiger partial charge in [0.15, 0.2) is 5.96 Å². The maximum absolute atomic E-state index is 14.5. The van der Waals surface area contributed by atoms with Crippen LogP contribution >= 0.6 is 24.4 Å². The van der Waals surface area contributed by atoms with Gasteiger partial charge in [0.2, 0.25) is 53.2 Å². The van der Waals surface area contributed by atoms with Crippen molar-refractivity contribution in [2.24, 2.45) is 39.8 Å². The molecule has 0 aliphatic carbocycles. The number of carbonyl (C=O) groups excluding carboxylic acids is 9. The number of carboxylic acids is 1. The van der Waals surface area contributed by atoms with Gasteiger partial charge in [0.25, 0.3) is 0 Å². The van der Waals surface area contributed by atoms with Crippen LogP contribution in [-0.2, 0) is 47.9 Å². The van der Waals surface area contributed by atoms with E-state index in [-0.39, 0.29) is 82.2 Å². The average molecular weight is 1120 g/mol. The summed E-state index contributed by atoms with van der Waals surface area (Å²) in [4.78, 5) is 142. The number of unbranched alkanes of at least 4 members (excludes halogenated alkanes) is 1. The quantitative estimate of drug-likeness (QED) is 0.0125. The van der Waals surface area contributed by atoms with Gasteiger partial charge in [-0.25, -0.2) is 4.79 Å². The molecule has 2 rings (SSSR count). The molecule has 2 aliphatic rings. The summed E-state index contributed by atoms with van der Waals surface area (Å²) >= 11 is 5.65. The molecule has 27 nitrogen and oxygen atoms in total. The van der Waals surface area contributed by atoms with E-state index in [9.17, 15) is 63.3 Å². The molecule has 0 saturated carbocycles. The Kier molecular flexibility index (Phi) is 30.1. The summed E-state index contributed by atoms with van der Waals surface area (Å²) in [6.07, 6.45) is 4.64. The fourth-order valence-corrected chi connectivity index (χ4v) is 9.31. The summed E-state index contributed by atoms with van der Waals surface area (Å²) in [6, 6.07) is -12.5. The van der Waals surface area contributed by atoms with Crippen LogP contribution in [0.5, 0.6) is 0 Å². The van der Waals surface area contributed by atoms with E-state index in [0.717, 1.165) is 0 Å². The second-order valence-electron chi connectivity index (χ2n) is 19.6. The number of aliphatic hydroxyl groups excluding tert-OH is 2. The Labute approximate surface area is 453 Å². The number of guanidine groups is 1. The third-order valence-corrected chi connectivity index (χ3v) is 13.8. The van der Waals surface area contributed by atoms with Gasteiger partial charge in [-0.3, -0.25) is 48.1 Å². The van der Waals surface area contributed by atoms with Gasteiger partial charge >= 0.3 is 5.97 Å². The smallest absolute Gasteiger partial charge is 0.326 e. The Morgan fingerprint density at radius 1 is 0.658 bits per heavy atom. The highest BCUT2D eigenvalue weighted by Crippen LogP contribution is 2.26. The molecule has 0 bridgehead atoms. The van der Waals surface area contributed by atoms with Crippen LogP contribution in [0.25, 0.3) is 0 Å². The lowest BCUT2D eigenvalue weighted by molar-refractivity contribution is -0.148. The molecule has 432 valence electrons. The van der Waals surface area contributed by atoms with E-state index in [0.29, 0.717) is 38.0 Å². The normalized spacial score (nSPS) is 18.5. The molecular weight excluding hydrogens is 1030 g/mol. The standard InChI is InChI=1S/C47H84N14O13S2/c1-25(2)21-31(56-37(64)27(49)22-62)39(66)57-32(23-63)40(67)58-33(24-75)41(68)54-29(12-8-17-52-47(50)51)44(71)61-19-10-14-35(61)45(72)60-18-9-13-34(60)42(69)53-28(15-20-76-5)38(65)59-36(26(3)4)43(70)55-30(46(73)74)11-6-7-16-48/h25-36,62-63,75H,6-24,48-49H2,1-5H3,(H,53,69)(H,54,68)(H,55,70)(H,56,64)(H,57,66)(H,58,67)(H,59,65)(H,73,74)(H4,50,51,52)/t27-,28-,29-,30-,31-,32-,33-,34-,35-,36-/m0/s1. The number of nitrogens with two attached hydrogens (primary N) is 4. The topological polar surface area (TPSA) is 439 Å². The Bertz CT molecular complexity index is 2000. The van der Waals surface area contributed by atoms with Crippen LogP contribution in [0.15, 0.2) is 4.99 Å². The third-order valence-electron chi connectivity index (χ3n) is 12.8. The second kappa shape index (κ2) is 34.3. The third kappa shape index (κ3) is 21.5. The minimum atomic E-state index is -1.61. The molecule has 0 unspecified atom stereocenters. The minimum Gasteiger partial charge on any atom is -0.480 e. The van der Waals surface area contributed by atoms with Gasteiger partial charge in [0.1, 0.15) is 60.4 Å². The number of carbonyl (C=O) groups is 10. The molecule has 0 radical (unpaired) electrons. The number of hydrogen-bond acceptors (Lipinski definition) is 17. The van der Waals surface area contributed by atoms with Crippen molar-refractivity contribution in [1.82, 2.24) is 47.0 Å². The van der Waals surface area contributed by atoms with Crippen LogP contribution in [-0.4, -0.2) is 208 Å². The van der Waals surface area contributed by atoms with Crippen molar-refractivity contribution < 1.29 is 63.3 Å². The molecule has 2 aliphatic heterocycles. The van der Waals surface area contributed by atoms with Crippen molar-refractivity contribution >= 4 is 89.5 Å². The molecule has 18 N–H and O–H groups in total. The zero-order chi connectivity index (χ0) is 57.2. The number of aliphatic imine (C=N–C) groups is 1. The molecule has 2 heterocycles. The molecule has 0 aromatic rings. The van der Waals surface area contributed by atoms with Crippen LogP contribution in [0.4, 0.5) is 0 Å². The van der Waals surface area contributed by atoms with E-state index in [1.807, 2.05) is 6.26 Å². The molecule has 0 aromatic carbocycles. The summed E-state index contributed by atoms with van der Waals surface area (Å²) in [5.41, 5.74) is 22.2. The van der Waals surface area contributed by atoms with Crippen LogP contribution in [0.1, 0.15) is 98.3 Å². The lowest BCUT2D eigenvalue weighted by atomic mass is 10.0. The predicted molar refractivity (Wildman–Crippen MR) is 287 cm³/mol. The van der Waals surface area contributed by atoms with Gasteiger partial charge in [-0.1, -0.05) is 27.7 Å². The molecular formula is C47H84N14O13S2. The zero-order valence-corrected chi connectivity index (χ0v) is 46.0. The first-order valence-electron chi connectivity index (χ1n) is 25.7. The van der Waals surface area contributed by atoms with Crippen molar-refractivity contribution in [3.8, 4) is 0 Å². The number of amides is 9. The molecule has 10 atom stereocenters.